The van der Waals surface area contributed by atoms with Gasteiger partial charge in [0.25, 0.3) is 5.91 Å². The molecule has 1 unspecified atom stereocenters. The second-order valence-electron chi connectivity index (χ2n) is 5.90. The van der Waals surface area contributed by atoms with Crippen molar-refractivity contribution in [2.45, 2.75) is 19.0 Å². The Morgan fingerprint density at radius 3 is 2.48 bits per heavy atom. The maximum atomic E-state index is 12.1. The molecule has 7 heteroatoms. The number of carbonyl (C=O) groups is 1. The number of carbonyl (C=O) groups excluding carboxylic acids is 1. The summed E-state index contributed by atoms with van der Waals surface area (Å²) in [5.74, 6) is 1.35. The van der Waals surface area contributed by atoms with Gasteiger partial charge in [-0.05, 0) is 37.4 Å². The van der Waals surface area contributed by atoms with E-state index in [1.165, 1.54) is 0 Å². The number of fused-ring (bicyclic) bond motifs is 1. The van der Waals surface area contributed by atoms with Gasteiger partial charge in [-0.3, -0.25) is 9.69 Å². The van der Waals surface area contributed by atoms with Crippen molar-refractivity contribution in [3.63, 3.8) is 0 Å². The molecule has 23 heavy (non-hydrogen) atoms. The first-order valence-corrected chi connectivity index (χ1v) is 7.83. The lowest BCUT2D eigenvalue weighted by molar-refractivity contribution is 0.0937. The van der Waals surface area contributed by atoms with Gasteiger partial charge in [-0.25, -0.2) is 0 Å². The summed E-state index contributed by atoms with van der Waals surface area (Å²) in [6, 6.07) is 3.53. The summed E-state index contributed by atoms with van der Waals surface area (Å²) < 4.78 is 10.6. The first kappa shape index (κ1) is 15.9. The Kier molecular flexibility index (Phi) is 4.58. The molecule has 3 rings (SSSR count). The summed E-state index contributed by atoms with van der Waals surface area (Å²) in [6.45, 7) is 2.52. The fourth-order valence-electron chi connectivity index (χ4n) is 3.22. The van der Waals surface area contributed by atoms with E-state index in [1.807, 2.05) is 6.07 Å². The number of likely N-dealkylation sites (tertiary alicyclic amines) is 1. The largest absolute Gasteiger partial charge is 0.493 e. The van der Waals surface area contributed by atoms with Crippen molar-refractivity contribution in [3.05, 3.63) is 23.3 Å². The third-order valence-electron chi connectivity index (χ3n) is 4.65. The van der Waals surface area contributed by atoms with Crippen LogP contribution in [-0.2, 0) is 0 Å². The smallest absolute Gasteiger partial charge is 0.295 e. The van der Waals surface area contributed by atoms with Crippen LogP contribution in [0.3, 0.4) is 0 Å². The van der Waals surface area contributed by atoms with E-state index in [9.17, 15) is 4.79 Å². The molecule has 1 saturated heterocycles. The van der Waals surface area contributed by atoms with Crippen molar-refractivity contribution in [3.8, 4) is 11.5 Å². The van der Waals surface area contributed by atoms with Crippen LogP contribution in [0.25, 0.3) is 0 Å². The van der Waals surface area contributed by atoms with E-state index in [0.29, 0.717) is 23.0 Å². The molecule has 2 aliphatic heterocycles. The summed E-state index contributed by atoms with van der Waals surface area (Å²) in [5.41, 5.74) is 7.11. The van der Waals surface area contributed by atoms with Crippen molar-refractivity contribution in [2.24, 2.45) is 21.9 Å². The zero-order valence-corrected chi connectivity index (χ0v) is 13.5. The molecular formula is C16H22N4O3. The molecule has 0 saturated carbocycles. The van der Waals surface area contributed by atoms with Crippen molar-refractivity contribution >= 4 is 5.91 Å². The maximum Gasteiger partial charge on any atom is 0.295 e. The monoisotopic (exact) mass is 318 g/mol. The minimum atomic E-state index is -0.339. The molecule has 2 heterocycles. The number of rotatable bonds is 4. The van der Waals surface area contributed by atoms with Crippen molar-refractivity contribution in [1.82, 2.24) is 4.90 Å². The van der Waals surface area contributed by atoms with E-state index in [-0.39, 0.29) is 12.1 Å². The molecule has 2 N–H and O–H groups in total. The Balaban J connectivity index is 1.93. The standard InChI is InChI=1S/C16H22N4O3/c1-22-13-7-11-12(8-14(13)23-2)16(21)19-18-15(11)20-5-3-10(9-17)4-6-20/h7-8,10,15H,3-6,9,17H2,1-2H3. The van der Waals surface area contributed by atoms with Gasteiger partial charge in [-0.1, -0.05) is 0 Å². The van der Waals surface area contributed by atoms with Crippen LogP contribution in [0.1, 0.15) is 34.9 Å². The lowest BCUT2D eigenvalue weighted by atomic mass is 9.94. The van der Waals surface area contributed by atoms with Crippen LogP contribution < -0.4 is 15.2 Å². The van der Waals surface area contributed by atoms with Gasteiger partial charge in [0.15, 0.2) is 17.7 Å². The average molecular weight is 318 g/mol. The number of benzene rings is 1. The normalized spacial score (nSPS) is 22.0. The minimum absolute atomic E-state index is 0.249. The van der Waals surface area contributed by atoms with Crippen LogP contribution in [0, 0.1) is 5.92 Å². The molecule has 7 nitrogen and oxygen atoms in total. The van der Waals surface area contributed by atoms with Gasteiger partial charge < -0.3 is 15.2 Å². The first-order chi connectivity index (χ1) is 11.2. The van der Waals surface area contributed by atoms with Crippen molar-refractivity contribution < 1.29 is 14.3 Å². The molecule has 1 aromatic carbocycles. The van der Waals surface area contributed by atoms with Gasteiger partial charge in [-0.2, -0.15) is 5.11 Å². The van der Waals surface area contributed by atoms with E-state index in [4.69, 9.17) is 15.2 Å². The molecule has 0 radical (unpaired) electrons. The van der Waals surface area contributed by atoms with Crippen LogP contribution in [0.5, 0.6) is 11.5 Å². The first-order valence-electron chi connectivity index (χ1n) is 7.83. The number of azo groups is 1. The predicted molar refractivity (Wildman–Crippen MR) is 84.8 cm³/mol. The molecule has 0 spiro atoms. The summed E-state index contributed by atoms with van der Waals surface area (Å²) in [5, 5.41) is 8.05. The second-order valence-corrected chi connectivity index (χ2v) is 5.90. The highest BCUT2D eigenvalue weighted by atomic mass is 16.5. The van der Waals surface area contributed by atoms with Gasteiger partial charge in [0.1, 0.15) is 0 Å². The van der Waals surface area contributed by atoms with Crippen molar-refractivity contribution in [2.75, 3.05) is 33.9 Å². The van der Waals surface area contributed by atoms with E-state index in [0.717, 1.165) is 38.0 Å². The van der Waals surface area contributed by atoms with Gasteiger partial charge in [0.2, 0.25) is 0 Å². The van der Waals surface area contributed by atoms with Gasteiger partial charge in [0.05, 0.1) is 19.8 Å². The molecule has 124 valence electrons. The molecule has 1 aromatic rings. The number of methoxy groups -OCH3 is 2. The molecule has 0 bridgehead atoms. The molecule has 0 aromatic heterocycles. The average Bonchev–Trinajstić information content (AvgIpc) is 2.61. The second kappa shape index (κ2) is 6.64. The Morgan fingerprint density at radius 1 is 1.22 bits per heavy atom. The molecule has 0 aliphatic carbocycles. The highest BCUT2D eigenvalue weighted by Gasteiger charge is 2.32. The Morgan fingerprint density at radius 2 is 1.87 bits per heavy atom. The van der Waals surface area contributed by atoms with Crippen LogP contribution in [0.15, 0.2) is 22.4 Å². The topological polar surface area (TPSA) is 89.5 Å². The molecule has 2 aliphatic rings. The minimum Gasteiger partial charge on any atom is -0.493 e. The quantitative estimate of drug-likeness (QED) is 0.917. The summed E-state index contributed by atoms with van der Waals surface area (Å²) in [6.07, 6.45) is 1.83. The van der Waals surface area contributed by atoms with Crippen LogP contribution >= 0.6 is 0 Å². The Labute approximate surface area is 135 Å². The number of piperidine rings is 1. The predicted octanol–water partition coefficient (Wildman–Crippen LogP) is 1.98. The summed E-state index contributed by atoms with van der Waals surface area (Å²) in [4.78, 5) is 14.3. The number of hydrogen-bond donors (Lipinski definition) is 1. The molecule has 1 amide bonds. The number of ether oxygens (including phenoxy) is 2. The van der Waals surface area contributed by atoms with Crippen LogP contribution in [0.4, 0.5) is 0 Å². The Bertz CT molecular complexity index is 624. The number of hydrogen-bond acceptors (Lipinski definition) is 6. The highest BCUT2D eigenvalue weighted by Crippen LogP contribution is 2.39. The van der Waals surface area contributed by atoms with Gasteiger partial charge in [-0.15, -0.1) is 5.11 Å². The lowest BCUT2D eigenvalue weighted by Crippen LogP contribution is -2.39. The molecule has 1 atom stereocenters. The van der Waals surface area contributed by atoms with Crippen molar-refractivity contribution in [1.29, 1.82) is 0 Å². The van der Waals surface area contributed by atoms with Crippen LogP contribution in [-0.4, -0.2) is 44.7 Å². The SMILES string of the molecule is COc1cc2c(cc1OC)C(N1CCC(CN)CC1)N=NC2=O. The fourth-order valence-corrected chi connectivity index (χ4v) is 3.22. The van der Waals surface area contributed by atoms with E-state index >= 15 is 0 Å². The fraction of sp³-hybridized carbons (Fsp3) is 0.562. The van der Waals surface area contributed by atoms with E-state index in [2.05, 4.69) is 15.1 Å². The van der Waals surface area contributed by atoms with Crippen LogP contribution in [0.2, 0.25) is 0 Å². The van der Waals surface area contributed by atoms with Gasteiger partial charge >= 0.3 is 0 Å². The maximum absolute atomic E-state index is 12.1. The van der Waals surface area contributed by atoms with Gasteiger partial charge in [0, 0.05) is 18.7 Å². The van der Waals surface area contributed by atoms with E-state index in [1.54, 1.807) is 20.3 Å². The number of nitrogens with two attached hydrogens (primary N) is 1. The molecular weight excluding hydrogens is 296 g/mol. The third kappa shape index (κ3) is 2.94. The Hall–Kier alpha value is -1.99. The zero-order chi connectivity index (χ0) is 16.4. The lowest BCUT2D eigenvalue weighted by Gasteiger charge is -2.36. The third-order valence-corrected chi connectivity index (χ3v) is 4.65. The summed E-state index contributed by atoms with van der Waals surface area (Å²) >= 11 is 0. The molecule has 1 fully saturated rings. The van der Waals surface area contributed by atoms with E-state index < -0.39 is 0 Å². The number of nitrogens with zero attached hydrogens (tertiary/aromatic N) is 3. The number of amides is 1. The summed E-state index contributed by atoms with van der Waals surface area (Å²) in [7, 11) is 3.13. The zero-order valence-electron chi connectivity index (χ0n) is 13.5. The highest BCUT2D eigenvalue weighted by molar-refractivity contribution is 5.97.